The molecule has 19 nitrogen and oxygen atoms in total. The van der Waals surface area contributed by atoms with Gasteiger partial charge in [-0.3, -0.25) is 33.8 Å². The Hall–Kier alpha value is -5.98. The molecule has 1 saturated heterocycles. The molecule has 0 saturated carbocycles. The number of rotatable bonds is 17. The van der Waals surface area contributed by atoms with Gasteiger partial charge in [0.1, 0.15) is 18.4 Å². The highest BCUT2D eigenvalue weighted by molar-refractivity contribution is 6.01. The lowest BCUT2D eigenvalue weighted by Crippen LogP contribution is -2.41. The molecule has 4 rings (SSSR count). The normalized spacial score (nSPS) is 13.3. The zero-order valence-corrected chi connectivity index (χ0v) is 25.4. The lowest BCUT2D eigenvalue weighted by atomic mass is 10.1. The predicted octanol–water partition coefficient (Wildman–Crippen LogP) is 0.454. The van der Waals surface area contributed by atoms with Crippen molar-refractivity contribution in [2.75, 3.05) is 30.9 Å². The van der Waals surface area contributed by atoms with Gasteiger partial charge in [0, 0.05) is 43.5 Å². The Morgan fingerprint density at radius 3 is 2.44 bits per heavy atom. The van der Waals surface area contributed by atoms with Gasteiger partial charge in [0.05, 0.1) is 25.0 Å². The molecule has 6 N–H and O–H groups in total. The van der Waals surface area contributed by atoms with Gasteiger partial charge in [-0.25, -0.2) is 19.6 Å². The molecule has 2 aromatic heterocycles. The average Bonchev–Trinajstić information content (AvgIpc) is 3.37. The molecule has 0 spiro atoms. The molecular formula is C29H32N8O11. The number of carbonyl (C=O) groups excluding carboxylic acids is 5. The fourth-order valence-electron chi connectivity index (χ4n) is 4.33. The summed E-state index contributed by atoms with van der Waals surface area (Å²) >= 11 is 0. The molecule has 3 heterocycles. The van der Waals surface area contributed by atoms with Gasteiger partial charge in [0.15, 0.2) is 11.2 Å². The second-order valence-corrected chi connectivity index (χ2v) is 10.3. The summed E-state index contributed by atoms with van der Waals surface area (Å²) in [4.78, 5) is 102. The first-order valence-electron chi connectivity index (χ1n) is 14.7. The zero-order valence-electron chi connectivity index (χ0n) is 25.4. The Balaban J connectivity index is 1.12. The molecule has 3 aromatic rings. The number of aromatic amines is 1. The first-order valence-corrected chi connectivity index (χ1v) is 14.7. The van der Waals surface area contributed by atoms with E-state index in [-0.39, 0.29) is 86.9 Å². The Morgan fingerprint density at radius 2 is 1.73 bits per heavy atom. The van der Waals surface area contributed by atoms with Crippen LogP contribution in [0.3, 0.4) is 0 Å². The summed E-state index contributed by atoms with van der Waals surface area (Å²) < 4.78 is 9.99. The SMILES string of the molecule is Nc1nc2ncc(CNc3ccc(C(=O)NC(CCC(=O)CCCOCCOC(=O)ON4C(=O)CCC4=O)C(=O)O)cc3)nc2c(=O)[nH]1. The van der Waals surface area contributed by atoms with Gasteiger partial charge in [-0.15, -0.1) is 0 Å². The fourth-order valence-corrected chi connectivity index (χ4v) is 4.33. The van der Waals surface area contributed by atoms with Crippen molar-refractivity contribution in [3.05, 3.63) is 52.1 Å². The molecule has 1 fully saturated rings. The smallest absolute Gasteiger partial charge is 0.480 e. The van der Waals surface area contributed by atoms with Crippen LogP contribution in [0.25, 0.3) is 11.2 Å². The van der Waals surface area contributed by atoms with E-state index < -0.39 is 41.4 Å². The van der Waals surface area contributed by atoms with Crippen molar-refractivity contribution in [1.29, 1.82) is 0 Å². The molecule has 48 heavy (non-hydrogen) atoms. The van der Waals surface area contributed by atoms with Crippen LogP contribution in [0.5, 0.6) is 0 Å². The van der Waals surface area contributed by atoms with E-state index >= 15 is 0 Å². The number of amides is 3. The number of aromatic nitrogens is 4. The van der Waals surface area contributed by atoms with E-state index in [1.807, 2.05) is 0 Å². The fraction of sp³-hybridized carbons (Fsp3) is 0.379. The van der Waals surface area contributed by atoms with Gasteiger partial charge in [-0.2, -0.15) is 4.98 Å². The van der Waals surface area contributed by atoms with Crippen molar-refractivity contribution in [2.45, 2.75) is 51.1 Å². The first-order chi connectivity index (χ1) is 23.0. The zero-order chi connectivity index (χ0) is 34.6. The number of carboxylic acids is 1. The molecule has 0 bridgehead atoms. The third-order valence-corrected chi connectivity index (χ3v) is 6.79. The van der Waals surface area contributed by atoms with Gasteiger partial charge in [-0.1, -0.05) is 5.06 Å². The number of benzene rings is 1. The van der Waals surface area contributed by atoms with Gasteiger partial charge < -0.3 is 30.9 Å². The molecule has 3 amide bonds. The molecule has 254 valence electrons. The number of nitrogen functional groups attached to an aromatic ring is 1. The summed E-state index contributed by atoms with van der Waals surface area (Å²) in [7, 11) is 0. The quantitative estimate of drug-likeness (QED) is 0.0742. The van der Waals surface area contributed by atoms with Crippen LogP contribution >= 0.6 is 0 Å². The summed E-state index contributed by atoms with van der Waals surface area (Å²) in [5.41, 5.74) is 6.42. The van der Waals surface area contributed by atoms with Crippen molar-refractivity contribution in [2.24, 2.45) is 0 Å². The average molecular weight is 669 g/mol. The number of fused-ring (bicyclic) bond motifs is 1. The summed E-state index contributed by atoms with van der Waals surface area (Å²) in [5, 5.41) is 15.4. The van der Waals surface area contributed by atoms with E-state index in [4.69, 9.17) is 15.2 Å². The molecule has 1 aromatic carbocycles. The largest absolute Gasteiger partial charge is 0.534 e. The highest BCUT2D eigenvalue weighted by atomic mass is 16.8. The number of hydrogen-bond acceptors (Lipinski definition) is 15. The van der Waals surface area contributed by atoms with Crippen LogP contribution in [0, 0.1) is 0 Å². The van der Waals surface area contributed by atoms with Crippen LogP contribution in [-0.4, -0.2) is 91.6 Å². The van der Waals surface area contributed by atoms with Crippen molar-refractivity contribution in [3.8, 4) is 0 Å². The highest BCUT2D eigenvalue weighted by Gasteiger charge is 2.33. The molecular weight excluding hydrogens is 636 g/mol. The van der Waals surface area contributed by atoms with Gasteiger partial charge in [0.2, 0.25) is 5.95 Å². The minimum absolute atomic E-state index is 0.0229. The van der Waals surface area contributed by atoms with E-state index in [0.717, 1.165) is 0 Å². The topological polar surface area (TPSA) is 275 Å². The number of anilines is 2. The predicted molar refractivity (Wildman–Crippen MR) is 163 cm³/mol. The van der Waals surface area contributed by atoms with Crippen molar-refractivity contribution < 1.29 is 48.2 Å². The van der Waals surface area contributed by atoms with Crippen molar-refractivity contribution in [1.82, 2.24) is 30.3 Å². The number of carboxylic acid groups (broad SMARTS) is 1. The Labute approximate surface area is 271 Å². The van der Waals surface area contributed by atoms with Crippen LogP contribution in [0.15, 0.2) is 35.3 Å². The van der Waals surface area contributed by atoms with E-state index in [1.165, 1.54) is 18.3 Å². The maximum absolute atomic E-state index is 12.7. The van der Waals surface area contributed by atoms with Crippen LogP contribution in [0.4, 0.5) is 16.4 Å². The lowest BCUT2D eigenvalue weighted by Gasteiger charge is -2.15. The van der Waals surface area contributed by atoms with Gasteiger partial charge >= 0.3 is 12.1 Å². The number of nitrogens with two attached hydrogens (primary N) is 1. The van der Waals surface area contributed by atoms with E-state index in [0.29, 0.717) is 22.9 Å². The second kappa shape index (κ2) is 16.5. The number of nitrogens with zero attached hydrogens (tertiary/aromatic N) is 4. The van der Waals surface area contributed by atoms with E-state index in [9.17, 15) is 38.7 Å². The molecule has 0 aliphatic carbocycles. The Bertz CT molecular complexity index is 1730. The highest BCUT2D eigenvalue weighted by Crippen LogP contribution is 2.14. The van der Waals surface area contributed by atoms with Crippen LogP contribution in [0.2, 0.25) is 0 Å². The van der Waals surface area contributed by atoms with Crippen molar-refractivity contribution in [3.63, 3.8) is 0 Å². The number of Topliss-reactive ketones (excluding diaryl/α,β-unsaturated/α-hetero) is 1. The monoisotopic (exact) mass is 668 g/mol. The standard InChI is InChI=1S/C29H32N8O11/c30-28-35-24-23(26(42)36-28)33-18(15-32-24)14-31-17-5-3-16(4-6-17)25(41)34-20(27(43)44)8-7-19(38)2-1-11-46-12-13-47-29(45)48-37-21(39)9-10-22(37)40/h3-6,15,20,31H,1-2,7-14H2,(H,34,41)(H,43,44)(H3,30,32,35,36,42). The minimum Gasteiger partial charge on any atom is -0.480 e. The maximum Gasteiger partial charge on any atom is 0.534 e. The molecule has 1 unspecified atom stereocenters. The number of ketones is 1. The summed E-state index contributed by atoms with van der Waals surface area (Å²) in [5.74, 6) is -3.48. The summed E-state index contributed by atoms with van der Waals surface area (Å²) in [6.07, 6.45) is 0.364. The van der Waals surface area contributed by atoms with Crippen LogP contribution < -0.4 is 21.9 Å². The van der Waals surface area contributed by atoms with Gasteiger partial charge in [-0.05, 0) is 37.1 Å². The summed E-state index contributed by atoms with van der Waals surface area (Å²) in [6, 6.07) is 4.91. The van der Waals surface area contributed by atoms with E-state index in [2.05, 4.69) is 35.4 Å². The third kappa shape index (κ3) is 10.0. The van der Waals surface area contributed by atoms with Crippen LogP contribution in [-0.2, 0) is 40.0 Å². The van der Waals surface area contributed by atoms with E-state index in [1.54, 1.807) is 12.1 Å². The van der Waals surface area contributed by atoms with Gasteiger partial charge in [0.25, 0.3) is 23.3 Å². The maximum atomic E-state index is 12.7. The Morgan fingerprint density at radius 1 is 1.00 bits per heavy atom. The number of imide groups is 1. The number of aliphatic carboxylic acids is 1. The van der Waals surface area contributed by atoms with Crippen molar-refractivity contribution >= 4 is 58.4 Å². The first kappa shape index (κ1) is 34.9. The number of ether oxygens (including phenoxy) is 2. The molecule has 1 atom stereocenters. The second-order valence-electron chi connectivity index (χ2n) is 10.3. The number of hydroxylamine groups is 2. The minimum atomic E-state index is -1.29. The molecule has 19 heteroatoms. The molecule has 1 aliphatic rings. The third-order valence-electron chi connectivity index (χ3n) is 6.79. The molecule has 1 aliphatic heterocycles. The number of H-pyrrole nitrogens is 1. The van der Waals surface area contributed by atoms with Crippen LogP contribution in [0.1, 0.15) is 54.6 Å². The number of hydrogen-bond donors (Lipinski definition) is 5. The number of carbonyl (C=O) groups is 6. The molecule has 0 radical (unpaired) electrons. The summed E-state index contributed by atoms with van der Waals surface area (Å²) in [6.45, 7) is 0.128. The lowest BCUT2D eigenvalue weighted by molar-refractivity contribution is -0.177. The Kier molecular flexibility index (Phi) is 12.0. The number of nitrogens with one attached hydrogen (secondary N) is 3.